The van der Waals surface area contributed by atoms with E-state index in [1.165, 1.54) is 11.8 Å². The maximum atomic E-state index is 12.8. The lowest BCUT2D eigenvalue weighted by Crippen LogP contribution is -2.47. The van der Waals surface area contributed by atoms with Crippen LogP contribution in [-0.4, -0.2) is 17.6 Å². The summed E-state index contributed by atoms with van der Waals surface area (Å²) in [6.07, 6.45) is 0. The number of nitrogens with one attached hydrogen (secondary N) is 1. The van der Waals surface area contributed by atoms with Gasteiger partial charge in [0, 0.05) is 21.4 Å². The van der Waals surface area contributed by atoms with E-state index in [1.54, 1.807) is 4.90 Å². The van der Waals surface area contributed by atoms with Crippen LogP contribution < -0.4 is 10.2 Å². The van der Waals surface area contributed by atoms with Crippen LogP contribution >= 0.6 is 27.7 Å². The topological polar surface area (TPSA) is 49.4 Å². The third-order valence-electron chi connectivity index (χ3n) is 4.16. The van der Waals surface area contributed by atoms with E-state index in [-0.39, 0.29) is 17.6 Å². The van der Waals surface area contributed by atoms with E-state index in [2.05, 4.69) is 21.2 Å². The molecule has 2 aromatic rings. The van der Waals surface area contributed by atoms with Gasteiger partial charge in [0.15, 0.2) is 0 Å². The van der Waals surface area contributed by atoms with Gasteiger partial charge in [-0.15, -0.1) is 11.8 Å². The van der Waals surface area contributed by atoms with E-state index < -0.39 is 4.87 Å². The van der Waals surface area contributed by atoms with Crippen LogP contribution in [0.1, 0.15) is 11.1 Å². The van der Waals surface area contributed by atoms with E-state index in [0.29, 0.717) is 0 Å². The van der Waals surface area contributed by atoms with Gasteiger partial charge in [0.1, 0.15) is 0 Å². The highest BCUT2D eigenvalue weighted by Gasteiger charge is 2.58. The fourth-order valence-electron chi connectivity index (χ4n) is 3.09. The van der Waals surface area contributed by atoms with Crippen molar-refractivity contribution in [1.82, 2.24) is 0 Å². The Morgan fingerprint density at radius 3 is 2.65 bits per heavy atom. The van der Waals surface area contributed by atoms with Crippen molar-refractivity contribution in [3.63, 3.8) is 0 Å². The quantitative estimate of drug-likeness (QED) is 0.810. The Hall–Kier alpha value is -1.79. The summed E-state index contributed by atoms with van der Waals surface area (Å²) in [5, 5.41) is 2.91. The molecule has 0 aliphatic carbocycles. The number of nitrogens with zero attached hydrogens (tertiary/aromatic N) is 1. The van der Waals surface area contributed by atoms with Crippen molar-refractivity contribution in [2.75, 3.05) is 16.0 Å². The van der Waals surface area contributed by atoms with Crippen LogP contribution in [0, 0.1) is 6.92 Å². The molecule has 1 N–H and O–H groups in total. The summed E-state index contributed by atoms with van der Waals surface area (Å²) >= 11 is 4.83. The average Bonchev–Trinajstić information content (AvgIpc) is 3.01. The Morgan fingerprint density at radius 1 is 1.17 bits per heavy atom. The highest BCUT2D eigenvalue weighted by molar-refractivity contribution is 9.10. The minimum atomic E-state index is -1.02. The minimum absolute atomic E-state index is 0.0539. The lowest BCUT2D eigenvalue weighted by Gasteiger charge is -2.32. The molecule has 23 heavy (non-hydrogen) atoms. The summed E-state index contributed by atoms with van der Waals surface area (Å²) in [5.74, 6) is 0.0663. The first-order valence-corrected chi connectivity index (χ1v) is 8.95. The van der Waals surface area contributed by atoms with Crippen LogP contribution in [0.4, 0.5) is 11.4 Å². The zero-order valence-electron chi connectivity index (χ0n) is 12.3. The number of fused-ring (bicyclic) bond motifs is 2. The fraction of sp³-hybridized carbons (Fsp3) is 0.176. The van der Waals surface area contributed by atoms with Crippen LogP contribution in [0.2, 0.25) is 0 Å². The number of halogens is 1. The van der Waals surface area contributed by atoms with Crippen molar-refractivity contribution < 1.29 is 9.59 Å². The van der Waals surface area contributed by atoms with E-state index in [9.17, 15) is 9.59 Å². The molecule has 0 radical (unpaired) electrons. The summed E-state index contributed by atoms with van der Waals surface area (Å²) < 4.78 is 0.885. The summed E-state index contributed by atoms with van der Waals surface area (Å²) in [4.78, 5) is 26.0. The molecule has 2 amide bonds. The Bertz CT molecular complexity index is 837. The third-order valence-corrected chi connectivity index (χ3v) is 6.05. The van der Waals surface area contributed by atoms with Crippen LogP contribution in [0.3, 0.4) is 0 Å². The van der Waals surface area contributed by atoms with Crippen LogP contribution in [0.25, 0.3) is 0 Å². The molecule has 2 aromatic carbocycles. The van der Waals surface area contributed by atoms with Gasteiger partial charge in [0.25, 0.3) is 5.91 Å². The van der Waals surface area contributed by atoms with E-state index >= 15 is 0 Å². The molecule has 1 atom stereocenters. The molecule has 1 spiro atoms. The molecule has 2 heterocycles. The average molecular weight is 389 g/mol. The highest BCUT2D eigenvalue weighted by Crippen LogP contribution is 2.54. The van der Waals surface area contributed by atoms with Crippen molar-refractivity contribution >= 4 is 50.9 Å². The maximum Gasteiger partial charge on any atom is 0.266 e. The molecule has 2 aliphatic rings. The van der Waals surface area contributed by atoms with Crippen molar-refractivity contribution in [1.29, 1.82) is 0 Å². The highest BCUT2D eigenvalue weighted by atomic mass is 79.9. The van der Waals surface area contributed by atoms with Gasteiger partial charge < -0.3 is 5.32 Å². The molecule has 1 fully saturated rings. The van der Waals surface area contributed by atoms with Crippen molar-refractivity contribution in [2.24, 2.45) is 0 Å². The molecule has 0 aromatic heterocycles. The number of hydrogen-bond acceptors (Lipinski definition) is 3. The van der Waals surface area contributed by atoms with Crippen molar-refractivity contribution in [3.05, 3.63) is 58.1 Å². The largest absolute Gasteiger partial charge is 0.323 e. The van der Waals surface area contributed by atoms with Gasteiger partial charge in [-0.3, -0.25) is 14.5 Å². The lowest BCUT2D eigenvalue weighted by molar-refractivity contribution is -0.122. The Labute approximate surface area is 146 Å². The SMILES string of the molecule is Cc1ccc(N2C(=O)CS[C@]23C(=O)Nc2ccc(Br)cc23)cc1. The molecule has 6 heteroatoms. The zero-order valence-corrected chi connectivity index (χ0v) is 14.7. The molecule has 0 saturated carbocycles. The van der Waals surface area contributed by atoms with E-state index in [1.807, 2.05) is 49.4 Å². The summed E-state index contributed by atoms with van der Waals surface area (Å²) in [7, 11) is 0. The number of anilines is 2. The smallest absolute Gasteiger partial charge is 0.266 e. The Morgan fingerprint density at radius 2 is 1.91 bits per heavy atom. The molecule has 4 nitrogen and oxygen atoms in total. The number of thioether (sulfide) groups is 1. The molecule has 0 bridgehead atoms. The van der Waals surface area contributed by atoms with E-state index in [0.717, 1.165) is 27.0 Å². The first kappa shape index (κ1) is 14.8. The second-order valence-electron chi connectivity index (χ2n) is 5.64. The number of benzene rings is 2. The number of amides is 2. The second-order valence-corrected chi connectivity index (χ2v) is 7.73. The van der Waals surface area contributed by atoms with Gasteiger partial charge >= 0.3 is 0 Å². The Kier molecular flexibility index (Phi) is 3.28. The molecule has 1 saturated heterocycles. The maximum absolute atomic E-state index is 12.8. The van der Waals surface area contributed by atoms with Crippen molar-refractivity contribution in [3.8, 4) is 0 Å². The standard InChI is InChI=1S/C17H13BrN2O2S/c1-10-2-5-12(6-3-10)20-15(21)9-23-17(20)13-8-11(18)4-7-14(13)19-16(17)22/h2-8H,9H2,1H3,(H,19,22)/t17-/m1/s1. The van der Waals surface area contributed by atoms with Crippen LogP contribution in [-0.2, 0) is 14.5 Å². The van der Waals surface area contributed by atoms with Gasteiger partial charge in [-0.1, -0.05) is 33.6 Å². The molecular weight excluding hydrogens is 376 g/mol. The lowest BCUT2D eigenvalue weighted by atomic mass is 10.0. The predicted molar refractivity (Wildman–Crippen MR) is 95.6 cm³/mol. The van der Waals surface area contributed by atoms with Gasteiger partial charge in [0.05, 0.1) is 5.75 Å². The molecule has 2 aliphatic heterocycles. The fourth-order valence-corrected chi connectivity index (χ4v) is 4.76. The summed E-state index contributed by atoms with van der Waals surface area (Å²) in [5.41, 5.74) is 3.44. The summed E-state index contributed by atoms with van der Waals surface area (Å²) in [6, 6.07) is 13.4. The minimum Gasteiger partial charge on any atom is -0.323 e. The first-order chi connectivity index (χ1) is 11.0. The normalized spacial score (nSPS) is 22.6. The predicted octanol–water partition coefficient (Wildman–Crippen LogP) is 3.64. The summed E-state index contributed by atoms with van der Waals surface area (Å²) in [6.45, 7) is 1.99. The van der Waals surface area contributed by atoms with Gasteiger partial charge in [-0.2, -0.15) is 0 Å². The molecule has 4 rings (SSSR count). The van der Waals surface area contributed by atoms with Gasteiger partial charge in [-0.25, -0.2) is 0 Å². The van der Waals surface area contributed by atoms with Crippen LogP contribution in [0.15, 0.2) is 46.9 Å². The van der Waals surface area contributed by atoms with Gasteiger partial charge in [0.2, 0.25) is 10.8 Å². The van der Waals surface area contributed by atoms with Crippen molar-refractivity contribution in [2.45, 2.75) is 11.8 Å². The number of rotatable bonds is 1. The van der Waals surface area contributed by atoms with Crippen LogP contribution in [0.5, 0.6) is 0 Å². The zero-order chi connectivity index (χ0) is 16.2. The van der Waals surface area contributed by atoms with Gasteiger partial charge in [-0.05, 0) is 37.3 Å². The molecule has 116 valence electrons. The second kappa shape index (κ2) is 5.11. The molecular formula is C17H13BrN2O2S. The van der Waals surface area contributed by atoms with E-state index in [4.69, 9.17) is 0 Å². The number of carbonyl (C=O) groups excluding carboxylic acids is 2. The monoisotopic (exact) mass is 388 g/mol. The number of hydrogen-bond donors (Lipinski definition) is 1. The Balaban J connectivity index is 1.93. The molecule has 0 unspecified atom stereocenters. The number of aryl methyl sites for hydroxylation is 1. The third kappa shape index (κ3) is 2.05. The number of carbonyl (C=O) groups is 2. The first-order valence-electron chi connectivity index (χ1n) is 7.17.